The van der Waals surface area contributed by atoms with Gasteiger partial charge in [-0.15, -0.1) is 0 Å². The van der Waals surface area contributed by atoms with Gasteiger partial charge >= 0.3 is 5.97 Å². The lowest BCUT2D eigenvalue weighted by Gasteiger charge is -2.10. The fraction of sp³-hybridized carbons (Fsp3) is 0.200. The number of nitrogen functional groups attached to an aromatic ring is 1. The zero-order valence-corrected chi connectivity index (χ0v) is 11.5. The monoisotopic (exact) mass is 271 g/mol. The van der Waals surface area contributed by atoms with Gasteiger partial charge in [0.15, 0.2) is 0 Å². The molecule has 0 spiro atoms. The van der Waals surface area contributed by atoms with Crippen molar-refractivity contribution in [2.45, 2.75) is 20.0 Å². The van der Waals surface area contributed by atoms with E-state index in [0.29, 0.717) is 17.1 Å². The number of carbonyl (C=O) groups is 1. The van der Waals surface area contributed by atoms with E-state index < -0.39 is 0 Å². The van der Waals surface area contributed by atoms with Gasteiger partial charge in [-0.2, -0.15) is 0 Å². The zero-order chi connectivity index (χ0) is 14.5. The second-order valence-electron chi connectivity index (χ2n) is 4.64. The fourth-order valence-corrected chi connectivity index (χ4v) is 1.63. The normalized spacial score (nSPS) is 10.3. The van der Waals surface area contributed by atoms with Crippen molar-refractivity contribution in [2.24, 2.45) is 0 Å². The highest BCUT2D eigenvalue weighted by Crippen LogP contribution is 2.17. The van der Waals surface area contributed by atoms with Crippen molar-refractivity contribution in [3.8, 4) is 0 Å². The minimum atomic E-state index is -0.339. The standard InChI is InChI=1S/C15H17N3O2/c1-10(2)20-15(19)11-4-3-5-13(8-11)18-14-7-6-12(16)9-17-14/h3-10H,16H2,1-2H3,(H,17,18). The molecule has 0 aliphatic heterocycles. The molecule has 1 aromatic carbocycles. The lowest BCUT2D eigenvalue weighted by Crippen LogP contribution is -2.11. The Bertz CT molecular complexity index is 594. The van der Waals surface area contributed by atoms with E-state index in [2.05, 4.69) is 10.3 Å². The highest BCUT2D eigenvalue weighted by Gasteiger charge is 2.09. The summed E-state index contributed by atoms with van der Waals surface area (Å²) in [5.74, 6) is 0.322. The Labute approximate surface area is 117 Å². The Balaban J connectivity index is 2.13. The van der Waals surface area contributed by atoms with Crippen LogP contribution in [0.3, 0.4) is 0 Å². The molecule has 5 heteroatoms. The first-order valence-corrected chi connectivity index (χ1v) is 6.34. The van der Waals surface area contributed by atoms with Crippen LogP contribution in [0.2, 0.25) is 0 Å². The lowest BCUT2D eigenvalue weighted by atomic mass is 10.2. The van der Waals surface area contributed by atoms with E-state index in [-0.39, 0.29) is 12.1 Å². The number of esters is 1. The number of hydrogen-bond donors (Lipinski definition) is 2. The molecule has 1 heterocycles. The molecule has 0 aliphatic carbocycles. The number of pyridine rings is 1. The molecule has 0 aliphatic rings. The van der Waals surface area contributed by atoms with Crippen LogP contribution in [-0.2, 0) is 4.74 Å². The zero-order valence-electron chi connectivity index (χ0n) is 11.5. The fourth-order valence-electron chi connectivity index (χ4n) is 1.63. The van der Waals surface area contributed by atoms with E-state index in [9.17, 15) is 4.79 Å². The van der Waals surface area contributed by atoms with Crippen LogP contribution in [0, 0.1) is 0 Å². The molecule has 0 unspecified atom stereocenters. The van der Waals surface area contributed by atoms with Gasteiger partial charge in [0.05, 0.1) is 23.6 Å². The summed E-state index contributed by atoms with van der Waals surface area (Å²) >= 11 is 0. The molecule has 0 bridgehead atoms. The molecule has 1 aromatic heterocycles. The average molecular weight is 271 g/mol. The number of nitrogens with one attached hydrogen (secondary N) is 1. The van der Waals surface area contributed by atoms with E-state index in [0.717, 1.165) is 5.69 Å². The van der Waals surface area contributed by atoms with Crippen LogP contribution in [0.5, 0.6) is 0 Å². The maximum Gasteiger partial charge on any atom is 0.338 e. The first-order chi connectivity index (χ1) is 9.54. The first kappa shape index (κ1) is 13.9. The van der Waals surface area contributed by atoms with Crippen LogP contribution in [0.15, 0.2) is 42.6 Å². The summed E-state index contributed by atoms with van der Waals surface area (Å²) < 4.78 is 5.16. The molecule has 0 radical (unpaired) electrons. The van der Waals surface area contributed by atoms with E-state index in [4.69, 9.17) is 10.5 Å². The Morgan fingerprint density at radius 1 is 1.30 bits per heavy atom. The Hall–Kier alpha value is -2.56. The highest BCUT2D eigenvalue weighted by atomic mass is 16.5. The smallest absolute Gasteiger partial charge is 0.338 e. The predicted molar refractivity (Wildman–Crippen MR) is 78.9 cm³/mol. The molecule has 0 saturated heterocycles. The topological polar surface area (TPSA) is 77.2 Å². The van der Waals surface area contributed by atoms with Gasteiger partial charge in [0.1, 0.15) is 5.82 Å². The van der Waals surface area contributed by atoms with Crippen LogP contribution < -0.4 is 11.1 Å². The van der Waals surface area contributed by atoms with Gasteiger partial charge in [0.25, 0.3) is 0 Å². The third-order valence-electron chi connectivity index (χ3n) is 2.50. The van der Waals surface area contributed by atoms with Crippen LogP contribution in [0.1, 0.15) is 24.2 Å². The first-order valence-electron chi connectivity index (χ1n) is 6.34. The largest absolute Gasteiger partial charge is 0.459 e. The van der Waals surface area contributed by atoms with Gasteiger partial charge in [0, 0.05) is 5.69 Å². The molecule has 5 nitrogen and oxygen atoms in total. The molecule has 2 aromatic rings. The van der Waals surface area contributed by atoms with Gasteiger partial charge in [-0.3, -0.25) is 0 Å². The van der Waals surface area contributed by atoms with Gasteiger partial charge in [-0.05, 0) is 44.2 Å². The van der Waals surface area contributed by atoms with Crippen molar-refractivity contribution in [1.82, 2.24) is 4.98 Å². The average Bonchev–Trinajstić information content (AvgIpc) is 2.41. The molecule has 2 rings (SSSR count). The Morgan fingerprint density at radius 2 is 2.10 bits per heavy atom. The lowest BCUT2D eigenvalue weighted by molar-refractivity contribution is 0.0378. The third-order valence-corrected chi connectivity index (χ3v) is 2.50. The minimum Gasteiger partial charge on any atom is -0.459 e. The Kier molecular flexibility index (Phi) is 4.20. The molecule has 3 N–H and O–H groups in total. The van der Waals surface area contributed by atoms with Crippen molar-refractivity contribution in [3.63, 3.8) is 0 Å². The number of anilines is 3. The number of rotatable bonds is 4. The highest BCUT2D eigenvalue weighted by molar-refractivity contribution is 5.90. The van der Waals surface area contributed by atoms with Gasteiger partial charge in [-0.25, -0.2) is 9.78 Å². The van der Waals surface area contributed by atoms with E-state index in [1.165, 1.54) is 0 Å². The van der Waals surface area contributed by atoms with Crippen molar-refractivity contribution < 1.29 is 9.53 Å². The summed E-state index contributed by atoms with van der Waals surface area (Å²) in [4.78, 5) is 16.0. The van der Waals surface area contributed by atoms with Crippen LogP contribution >= 0.6 is 0 Å². The SMILES string of the molecule is CC(C)OC(=O)c1cccc(Nc2ccc(N)cn2)c1. The number of nitrogens with zero attached hydrogens (tertiary/aromatic N) is 1. The molecular weight excluding hydrogens is 254 g/mol. The van der Waals surface area contributed by atoms with Crippen molar-refractivity contribution >= 4 is 23.2 Å². The van der Waals surface area contributed by atoms with Crippen molar-refractivity contribution in [2.75, 3.05) is 11.1 Å². The number of aromatic nitrogens is 1. The molecule has 0 amide bonds. The molecule has 0 fully saturated rings. The molecular formula is C15H17N3O2. The van der Waals surface area contributed by atoms with Crippen LogP contribution in [-0.4, -0.2) is 17.1 Å². The summed E-state index contributed by atoms with van der Waals surface area (Å²) in [7, 11) is 0. The van der Waals surface area contributed by atoms with E-state index >= 15 is 0 Å². The van der Waals surface area contributed by atoms with Gasteiger partial charge in [0.2, 0.25) is 0 Å². The Morgan fingerprint density at radius 3 is 2.75 bits per heavy atom. The third kappa shape index (κ3) is 3.71. The summed E-state index contributed by atoms with van der Waals surface area (Å²) in [6.45, 7) is 3.64. The molecule has 0 saturated carbocycles. The molecule has 0 atom stereocenters. The molecule has 20 heavy (non-hydrogen) atoms. The number of carbonyl (C=O) groups excluding carboxylic acids is 1. The summed E-state index contributed by atoms with van der Waals surface area (Å²) in [6, 6.07) is 10.6. The predicted octanol–water partition coefficient (Wildman–Crippen LogP) is 2.97. The van der Waals surface area contributed by atoms with Gasteiger partial charge < -0.3 is 15.8 Å². The minimum absolute atomic E-state index is 0.141. The number of benzene rings is 1. The second kappa shape index (κ2) is 6.06. The van der Waals surface area contributed by atoms with Crippen molar-refractivity contribution in [3.05, 3.63) is 48.2 Å². The number of ether oxygens (including phenoxy) is 1. The maximum absolute atomic E-state index is 11.8. The number of hydrogen-bond acceptors (Lipinski definition) is 5. The van der Waals surface area contributed by atoms with Crippen LogP contribution in [0.25, 0.3) is 0 Å². The summed E-state index contributed by atoms with van der Waals surface area (Å²) in [5, 5.41) is 3.11. The quantitative estimate of drug-likeness (QED) is 0.836. The summed E-state index contributed by atoms with van der Waals surface area (Å²) in [5.41, 5.74) is 7.44. The van der Waals surface area contributed by atoms with E-state index in [1.807, 2.05) is 19.9 Å². The van der Waals surface area contributed by atoms with Crippen LogP contribution in [0.4, 0.5) is 17.2 Å². The number of nitrogens with two attached hydrogens (primary N) is 1. The van der Waals surface area contributed by atoms with Crippen molar-refractivity contribution in [1.29, 1.82) is 0 Å². The van der Waals surface area contributed by atoms with E-state index in [1.54, 1.807) is 36.5 Å². The molecule has 104 valence electrons. The van der Waals surface area contributed by atoms with Gasteiger partial charge in [-0.1, -0.05) is 6.07 Å². The maximum atomic E-state index is 11.8. The summed E-state index contributed by atoms with van der Waals surface area (Å²) in [6.07, 6.45) is 1.43. The second-order valence-corrected chi connectivity index (χ2v) is 4.64.